The van der Waals surface area contributed by atoms with Crippen molar-refractivity contribution >= 4 is 227 Å². The molecule has 124 heavy (non-hydrogen) atoms. The molecule has 0 rings (SSSR count). The van der Waals surface area contributed by atoms with E-state index in [1.54, 1.807) is 0 Å². The van der Waals surface area contributed by atoms with Gasteiger partial charge in [0.15, 0.2) is 0 Å². The Bertz CT molecular complexity index is 1160. The third-order valence-corrected chi connectivity index (χ3v) is 0. The van der Waals surface area contributed by atoms with Crippen molar-refractivity contribution in [3.05, 3.63) is 0 Å². The smallest absolute Gasteiger partial charge is 0.284 e. The molecule has 0 bridgehead atoms. The van der Waals surface area contributed by atoms with Crippen LogP contribution in [0.25, 0.3) is 0 Å². The van der Waals surface area contributed by atoms with Crippen LogP contribution in [0.2, 0.25) is 0 Å². The van der Waals surface area contributed by atoms with Crippen LogP contribution in [0.15, 0.2) is 0 Å². The minimum absolute atomic E-state index is 0. The van der Waals surface area contributed by atoms with Gasteiger partial charge in [-0.3, -0.25) is 182 Å². The molecule has 0 aromatic carbocycles. The standard InChI is InChI=1S/44K.20H2O3S/c;;;;;;;;;;;;;;;;;;;;;;;;;;;;;;;;;;;;;;;;;;;;20*1-4(2)3/h;;;;;;;;;;;;;;;;;;;;;;;;;;;;;;;;;;;;;;;;;;;;20*(H2,1,2,3)/q44*+1;;;;;;;;;;;;;;;;;;;;. The quantitative estimate of drug-likeness (QED) is 0.0791. The molecule has 0 aromatic heterocycles. The molecule has 0 radical (unpaired) electrons. The molecule has 0 unspecified atom stereocenters. The minimum Gasteiger partial charge on any atom is -0.284 e. The summed E-state index contributed by atoms with van der Waals surface area (Å²) in [4.78, 5) is 0. The Morgan fingerprint density at radius 1 is 0.0565 bits per heavy atom. The minimum atomic E-state index is -2.61. The number of hydrogen-bond acceptors (Lipinski definition) is 20. The predicted octanol–water partition coefficient (Wildman–Crippen LogP) is -138. The van der Waals surface area contributed by atoms with Gasteiger partial charge in [-0.2, -0.15) is 84.2 Å². The second kappa shape index (κ2) is 421. The van der Waals surface area contributed by atoms with Crippen LogP contribution in [-0.4, -0.2) is 266 Å². The zero-order chi connectivity index (χ0) is 71.5. The normalized spacial score (nSPS) is 5.65. The fraction of sp³-hybridized carbons (Fsp3) is 0. The zero-order valence-electron chi connectivity index (χ0n) is 78.2. The van der Waals surface area contributed by atoms with Crippen molar-refractivity contribution in [3.63, 3.8) is 0 Å². The van der Waals surface area contributed by atoms with Gasteiger partial charge < -0.3 is 0 Å². The third-order valence-electron chi connectivity index (χ3n) is 0. The summed E-state index contributed by atoms with van der Waals surface area (Å²) >= 11 is -52.2. The molecule has 0 fully saturated rings. The second-order valence-corrected chi connectivity index (χ2v) is 13.8. The van der Waals surface area contributed by atoms with E-state index < -0.39 is 227 Å². The summed E-state index contributed by atoms with van der Waals surface area (Å²) < 4.78 is 457. The topological polar surface area (TPSA) is 1150 Å². The van der Waals surface area contributed by atoms with E-state index in [4.69, 9.17) is 266 Å². The van der Waals surface area contributed by atoms with E-state index >= 15 is 0 Å². The molecule has 0 aliphatic rings. The van der Waals surface area contributed by atoms with Crippen molar-refractivity contribution in [2.24, 2.45) is 0 Å². The summed E-state index contributed by atoms with van der Waals surface area (Å²) in [7, 11) is 0. The van der Waals surface area contributed by atoms with Crippen molar-refractivity contribution in [1.82, 2.24) is 0 Å². The van der Waals surface area contributed by atoms with E-state index in [0.717, 1.165) is 0 Å². The zero-order valence-corrected chi connectivity index (χ0v) is 232. The van der Waals surface area contributed by atoms with Crippen molar-refractivity contribution in [2.45, 2.75) is 0 Å². The van der Waals surface area contributed by atoms with Crippen LogP contribution in [0, 0.1) is 0 Å². The van der Waals surface area contributed by atoms with Crippen LogP contribution in [0.1, 0.15) is 0 Å². The Morgan fingerprint density at radius 3 is 0.0565 bits per heavy atom. The van der Waals surface area contributed by atoms with Crippen LogP contribution in [0.5, 0.6) is 0 Å². The third kappa shape index (κ3) is 1370. The Morgan fingerprint density at radius 2 is 0.0565 bits per heavy atom. The van der Waals surface area contributed by atoms with Gasteiger partial charge in [-0.05, 0) is 0 Å². The summed E-state index contributed by atoms with van der Waals surface area (Å²) in [5.41, 5.74) is 0. The van der Waals surface area contributed by atoms with Crippen molar-refractivity contribution in [3.8, 4) is 0 Å². The molecule has 0 spiro atoms. The van der Waals surface area contributed by atoms with Gasteiger partial charge in [0.1, 0.15) is 0 Å². The molecule has 0 aromatic rings. The van der Waals surface area contributed by atoms with E-state index in [9.17, 15) is 0 Å². The van der Waals surface area contributed by atoms with Crippen LogP contribution in [-0.2, 0) is 227 Å². The van der Waals surface area contributed by atoms with Crippen LogP contribution in [0.4, 0.5) is 0 Å². The van der Waals surface area contributed by atoms with Gasteiger partial charge in [-0.1, -0.05) is 0 Å². The predicted molar refractivity (Wildman–Crippen MR) is 268 cm³/mol. The van der Waals surface area contributed by atoms with Gasteiger partial charge in [0.25, 0.3) is 227 Å². The molecule has 0 aliphatic carbocycles. The molecule has 0 aliphatic heterocycles. The fourth-order valence-electron chi connectivity index (χ4n) is 0. The van der Waals surface area contributed by atoms with Crippen LogP contribution < -0.4 is 2260 Å². The molecular formula is H40K44O60S20+44. The molecular weight excluding hydrogens is 3320 g/mol. The maximum Gasteiger partial charge on any atom is 1.00 e. The molecule has 0 saturated carbocycles. The molecule has 0 heterocycles. The average molecular weight is 3360 g/mol. The summed E-state index contributed by atoms with van der Waals surface area (Å²) in [6, 6.07) is 0. The van der Waals surface area contributed by atoms with Crippen LogP contribution in [0.3, 0.4) is 0 Å². The Balaban J connectivity index is -0.00000000484. The maximum absolute atomic E-state index is 8.67. The summed E-state index contributed by atoms with van der Waals surface area (Å²) in [6.45, 7) is 0. The van der Waals surface area contributed by atoms with E-state index in [1.165, 1.54) is 0 Å². The van der Waals surface area contributed by atoms with Gasteiger partial charge in [0.2, 0.25) is 0 Å². The van der Waals surface area contributed by atoms with Gasteiger partial charge in [-0.15, -0.1) is 0 Å². The summed E-state index contributed by atoms with van der Waals surface area (Å²) in [5, 5.41) is 0. The SMILES string of the molecule is O=S(O)O.O=S(O)O.O=S(O)O.O=S(O)O.O=S(O)O.O=S(O)O.O=S(O)O.O=S(O)O.O=S(O)O.O=S(O)O.O=S(O)O.O=S(O)O.O=S(O)O.O=S(O)O.O=S(O)O.O=S(O)O.O=S(O)O.O=S(O)O.O=S(O)O.O=S(O)O.[K+].[K+].[K+].[K+].[K+].[K+].[K+].[K+].[K+].[K+].[K+].[K+].[K+].[K+].[K+].[K+].[K+].[K+].[K+].[K+].[K+].[K+].[K+].[K+].[K+].[K+].[K+].[K+].[K+].[K+].[K+].[K+].[K+].[K+].[K+].[K+].[K+].[K+].[K+].[K+].[K+].[K+].[K+].[K+]. The summed E-state index contributed by atoms with van der Waals surface area (Å²) in [5.74, 6) is 0. The molecule has 0 atom stereocenters. The van der Waals surface area contributed by atoms with Crippen molar-refractivity contribution in [1.29, 1.82) is 0 Å². The first-order chi connectivity index (χ1) is 34.6. The van der Waals surface area contributed by atoms with E-state index in [-0.39, 0.29) is 2260 Å². The number of rotatable bonds is 0. The van der Waals surface area contributed by atoms with Crippen molar-refractivity contribution < 1.29 is 2530 Å². The molecule has 0 saturated heterocycles. The van der Waals surface area contributed by atoms with E-state index in [0.29, 0.717) is 0 Å². The monoisotopic (exact) mass is 3350 g/mol. The number of hydrogen-bond donors (Lipinski definition) is 40. The van der Waals surface area contributed by atoms with E-state index in [2.05, 4.69) is 0 Å². The molecule has 520 valence electrons. The van der Waals surface area contributed by atoms with Crippen molar-refractivity contribution in [2.75, 3.05) is 0 Å². The largest absolute Gasteiger partial charge is 1.00 e. The van der Waals surface area contributed by atoms with Crippen LogP contribution >= 0.6 is 0 Å². The van der Waals surface area contributed by atoms with Gasteiger partial charge >= 0.3 is 2260 Å². The first kappa shape index (κ1) is 428. The molecule has 40 N–H and O–H groups in total. The maximum atomic E-state index is 8.67. The van der Waals surface area contributed by atoms with Gasteiger partial charge in [0, 0.05) is 0 Å². The first-order valence-electron chi connectivity index (χ1n) is 10.6. The summed E-state index contributed by atoms with van der Waals surface area (Å²) in [6.07, 6.45) is 0. The molecule has 60 nitrogen and oxygen atoms in total. The van der Waals surface area contributed by atoms with E-state index in [1.807, 2.05) is 0 Å². The average Bonchev–Trinajstić information content (AvgIpc) is 2.99. The Labute approximate surface area is 2640 Å². The second-order valence-electron chi connectivity index (χ2n) is 4.61. The van der Waals surface area contributed by atoms with Gasteiger partial charge in [0.05, 0.1) is 0 Å². The molecule has 0 amide bonds. The van der Waals surface area contributed by atoms with Gasteiger partial charge in [-0.25, -0.2) is 0 Å². The fourth-order valence-corrected chi connectivity index (χ4v) is 0. The Hall–Kier alpha value is 73.4. The first-order valence-corrected chi connectivity index (χ1v) is 31.9. The molecule has 124 heteroatoms. The Kier molecular flexibility index (Phi) is 1450.